The molecule has 0 bridgehead atoms. The molecule has 4 rings (SSSR count). The summed E-state index contributed by atoms with van der Waals surface area (Å²) in [6.07, 6.45) is 3.97. The maximum Gasteiger partial charge on any atom is 0.141 e. The molecule has 1 saturated carbocycles. The molecule has 106 valence electrons. The van der Waals surface area contributed by atoms with Crippen LogP contribution in [0.5, 0.6) is 0 Å². The van der Waals surface area contributed by atoms with E-state index in [0.29, 0.717) is 12.6 Å². The fraction of sp³-hybridized carbons (Fsp3) is 0.250. The van der Waals surface area contributed by atoms with Crippen LogP contribution in [0.1, 0.15) is 24.6 Å². The van der Waals surface area contributed by atoms with E-state index >= 15 is 0 Å². The van der Waals surface area contributed by atoms with Gasteiger partial charge in [0.25, 0.3) is 0 Å². The van der Waals surface area contributed by atoms with Gasteiger partial charge in [-0.15, -0.1) is 0 Å². The van der Waals surface area contributed by atoms with Gasteiger partial charge in [0.1, 0.15) is 11.6 Å². The second kappa shape index (κ2) is 4.63. The summed E-state index contributed by atoms with van der Waals surface area (Å²) in [6, 6.07) is 9.05. The molecule has 1 aliphatic carbocycles. The van der Waals surface area contributed by atoms with Crippen molar-refractivity contribution in [3.63, 3.8) is 0 Å². The van der Waals surface area contributed by atoms with Crippen molar-refractivity contribution < 1.29 is 4.39 Å². The number of hydrogen-bond acceptors (Lipinski definition) is 3. The summed E-state index contributed by atoms with van der Waals surface area (Å²) in [5.41, 5.74) is 9.15. The number of nitrogens with zero attached hydrogens (tertiary/aromatic N) is 3. The smallest absolute Gasteiger partial charge is 0.141 e. The van der Waals surface area contributed by atoms with Gasteiger partial charge in [-0.25, -0.2) is 9.37 Å². The van der Waals surface area contributed by atoms with E-state index in [0.717, 1.165) is 41.0 Å². The third-order valence-corrected chi connectivity index (χ3v) is 3.85. The Balaban J connectivity index is 1.97. The monoisotopic (exact) mass is 282 g/mol. The zero-order valence-electron chi connectivity index (χ0n) is 11.5. The topological polar surface area (TPSA) is 56.7 Å². The standard InChI is InChI=1S/C16H15FN4/c17-11-1-4-14-15(8-11)21(13-2-3-13)16(20-14)10-5-6-19-12(7-10)9-18/h1,4-8,13H,2-3,9,18H2. The molecular formula is C16H15FN4. The molecule has 2 aromatic heterocycles. The summed E-state index contributed by atoms with van der Waals surface area (Å²) in [7, 11) is 0. The Kier molecular flexibility index (Phi) is 2.75. The number of aromatic nitrogens is 3. The van der Waals surface area contributed by atoms with E-state index < -0.39 is 0 Å². The Morgan fingerprint density at radius 2 is 2.10 bits per heavy atom. The molecule has 0 spiro atoms. The predicted molar refractivity (Wildman–Crippen MR) is 79.1 cm³/mol. The van der Waals surface area contributed by atoms with E-state index in [4.69, 9.17) is 5.73 Å². The fourth-order valence-electron chi connectivity index (χ4n) is 2.70. The van der Waals surface area contributed by atoms with E-state index in [1.807, 2.05) is 12.1 Å². The highest BCUT2D eigenvalue weighted by Crippen LogP contribution is 2.41. The molecule has 2 N–H and O–H groups in total. The molecule has 3 aromatic rings. The summed E-state index contributed by atoms with van der Waals surface area (Å²) < 4.78 is 15.7. The molecule has 0 atom stereocenters. The van der Waals surface area contributed by atoms with E-state index in [2.05, 4.69) is 14.5 Å². The summed E-state index contributed by atoms with van der Waals surface area (Å²) in [4.78, 5) is 8.91. The molecule has 1 aromatic carbocycles. The van der Waals surface area contributed by atoms with Gasteiger partial charge in [-0.3, -0.25) is 4.98 Å². The third kappa shape index (κ3) is 2.10. The third-order valence-electron chi connectivity index (χ3n) is 3.85. The Morgan fingerprint density at radius 1 is 1.24 bits per heavy atom. The summed E-state index contributed by atoms with van der Waals surface area (Å²) >= 11 is 0. The van der Waals surface area contributed by atoms with E-state index in [-0.39, 0.29) is 5.82 Å². The molecule has 0 radical (unpaired) electrons. The maximum absolute atomic E-state index is 13.6. The van der Waals surface area contributed by atoms with Crippen LogP contribution in [0.2, 0.25) is 0 Å². The fourth-order valence-corrected chi connectivity index (χ4v) is 2.70. The van der Waals surface area contributed by atoms with Gasteiger partial charge in [0, 0.05) is 24.3 Å². The van der Waals surface area contributed by atoms with Gasteiger partial charge < -0.3 is 10.3 Å². The molecule has 21 heavy (non-hydrogen) atoms. The number of fused-ring (bicyclic) bond motifs is 1. The first-order valence-corrected chi connectivity index (χ1v) is 7.09. The second-order valence-corrected chi connectivity index (χ2v) is 5.41. The lowest BCUT2D eigenvalue weighted by atomic mass is 10.2. The molecular weight excluding hydrogens is 267 g/mol. The van der Waals surface area contributed by atoms with Gasteiger partial charge in [0.15, 0.2) is 0 Å². The normalized spacial score (nSPS) is 14.8. The number of halogens is 1. The van der Waals surface area contributed by atoms with Gasteiger partial charge in [0.2, 0.25) is 0 Å². The Morgan fingerprint density at radius 3 is 2.86 bits per heavy atom. The number of rotatable bonds is 3. The van der Waals surface area contributed by atoms with Crippen molar-refractivity contribution in [3.05, 3.63) is 48.0 Å². The van der Waals surface area contributed by atoms with Crippen LogP contribution >= 0.6 is 0 Å². The van der Waals surface area contributed by atoms with Crippen LogP contribution in [0.4, 0.5) is 4.39 Å². The quantitative estimate of drug-likeness (QED) is 0.803. The van der Waals surface area contributed by atoms with Gasteiger partial charge in [0.05, 0.1) is 16.7 Å². The lowest BCUT2D eigenvalue weighted by Gasteiger charge is -2.08. The summed E-state index contributed by atoms with van der Waals surface area (Å²) in [5, 5.41) is 0. The highest BCUT2D eigenvalue weighted by molar-refractivity contribution is 5.81. The van der Waals surface area contributed by atoms with Crippen LogP contribution in [0.15, 0.2) is 36.5 Å². The van der Waals surface area contributed by atoms with E-state index in [1.54, 1.807) is 18.3 Å². The molecule has 0 amide bonds. The van der Waals surface area contributed by atoms with Crippen molar-refractivity contribution in [2.45, 2.75) is 25.4 Å². The number of pyridine rings is 1. The minimum Gasteiger partial charge on any atom is -0.325 e. The maximum atomic E-state index is 13.6. The first-order chi connectivity index (χ1) is 10.3. The average molecular weight is 282 g/mol. The largest absolute Gasteiger partial charge is 0.325 e. The van der Waals surface area contributed by atoms with Crippen molar-refractivity contribution in [3.8, 4) is 11.4 Å². The van der Waals surface area contributed by atoms with E-state index in [9.17, 15) is 4.39 Å². The SMILES string of the molecule is NCc1cc(-c2nc3ccc(F)cc3n2C2CC2)ccn1. The summed E-state index contributed by atoms with van der Waals surface area (Å²) in [5.74, 6) is 0.642. The molecule has 0 saturated heterocycles. The van der Waals surface area contributed by atoms with Gasteiger partial charge >= 0.3 is 0 Å². The highest BCUT2D eigenvalue weighted by atomic mass is 19.1. The van der Waals surface area contributed by atoms with Crippen molar-refractivity contribution in [1.82, 2.24) is 14.5 Å². The zero-order valence-corrected chi connectivity index (χ0v) is 11.5. The molecule has 0 unspecified atom stereocenters. The Hall–Kier alpha value is -2.27. The van der Waals surface area contributed by atoms with E-state index in [1.165, 1.54) is 6.07 Å². The minimum absolute atomic E-state index is 0.228. The summed E-state index contributed by atoms with van der Waals surface area (Å²) in [6.45, 7) is 0.395. The number of nitrogens with two attached hydrogens (primary N) is 1. The van der Waals surface area contributed by atoms with Crippen LogP contribution in [-0.4, -0.2) is 14.5 Å². The number of benzene rings is 1. The van der Waals surface area contributed by atoms with Crippen LogP contribution in [0, 0.1) is 5.82 Å². The molecule has 1 aliphatic rings. The first kappa shape index (κ1) is 12.5. The van der Waals surface area contributed by atoms with Crippen molar-refractivity contribution in [1.29, 1.82) is 0 Å². The number of hydrogen-bond donors (Lipinski definition) is 1. The Labute approximate surface area is 121 Å². The zero-order chi connectivity index (χ0) is 14.4. The van der Waals surface area contributed by atoms with Gasteiger partial charge in [-0.05, 0) is 43.2 Å². The van der Waals surface area contributed by atoms with Crippen molar-refractivity contribution in [2.75, 3.05) is 0 Å². The van der Waals surface area contributed by atoms with Crippen LogP contribution in [0.25, 0.3) is 22.4 Å². The second-order valence-electron chi connectivity index (χ2n) is 5.41. The lowest BCUT2D eigenvalue weighted by Crippen LogP contribution is -2.01. The minimum atomic E-state index is -0.228. The van der Waals surface area contributed by atoms with Gasteiger partial charge in [-0.2, -0.15) is 0 Å². The van der Waals surface area contributed by atoms with Crippen LogP contribution in [-0.2, 0) is 6.54 Å². The number of imidazole rings is 1. The van der Waals surface area contributed by atoms with Crippen molar-refractivity contribution >= 4 is 11.0 Å². The predicted octanol–water partition coefficient (Wildman–Crippen LogP) is 3.03. The lowest BCUT2D eigenvalue weighted by molar-refractivity contribution is 0.628. The molecule has 1 fully saturated rings. The van der Waals surface area contributed by atoms with Crippen LogP contribution in [0.3, 0.4) is 0 Å². The first-order valence-electron chi connectivity index (χ1n) is 7.09. The molecule has 5 heteroatoms. The van der Waals surface area contributed by atoms with Gasteiger partial charge in [-0.1, -0.05) is 0 Å². The average Bonchev–Trinajstić information content (AvgIpc) is 3.28. The highest BCUT2D eigenvalue weighted by Gasteiger charge is 2.28. The molecule has 0 aliphatic heterocycles. The molecule has 4 nitrogen and oxygen atoms in total. The Bertz CT molecular complexity index is 820. The molecule has 2 heterocycles. The van der Waals surface area contributed by atoms with Crippen molar-refractivity contribution in [2.24, 2.45) is 5.73 Å². The van der Waals surface area contributed by atoms with Crippen LogP contribution < -0.4 is 5.73 Å².